The SMILES string of the molecule is COC(=O)c1ccc(CN(C)CC2CCCC2)c(Br)c1. The predicted molar refractivity (Wildman–Crippen MR) is 83.8 cm³/mol. The third-order valence-electron chi connectivity index (χ3n) is 3.96. The van der Waals surface area contributed by atoms with Crippen LogP contribution in [-0.4, -0.2) is 31.6 Å². The van der Waals surface area contributed by atoms with Crippen molar-refractivity contribution in [1.29, 1.82) is 0 Å². The van der Waals surface area contributed by atoms with Crippen LogP contribution in [0.5, 0.6) is 0 Å². The molecule has 0 amide bonds. The maximum Gasteiger partial charge on any atom is 0.337 e. The number of rotatable bonds is 5. The molecule has 0 N–H and O–H groups in total. The van der Waals surface area contributed by atoms with Gasteiger partial charge in [0.2, 0.25) is 0 Å². The molecule has 1 saturated carbocycles. The Morgan fingerprint density at radius 3 is 2.70 bits per heavy atom. The van der Waals surface area contributed by atoms with Gasteiger partial charge in [0.1, 0.15) is 0 Å². The second-order valence-electron chi connectivity index (χ2n) is 5.65. The molecule has 1 aliphatic carbocycles. The van der Waals surface area contributed by atoms with Crippen molar-refractivity contribution in [2.24, 2.45) is 5.92 Å². The number of hydrogen-bond donors (Lipinski definition) is 0. The molecule has 1 aromatic carbocycles. The molecule has 2 rings (SSSR count). The summed E-state index contributed by atoms with van der Waals surface area (Å²) in [4.78, 5) is 13.8. The minimum absolute atomic E-state index is 0.295. The fraction of sp³-hybridized carbons (Fsp3) is 0.562. The summed E-state index contributed by atoms with van der Waals surface area (Å²) in [5, 5.41) is 0. The summed E-state index contributed by atoms with van der Waals surface area (Å²) < 4.78 is 5.70. The van der Waals surface area contributed by atoms with Crippen LogP contribution in [0.15, 0.2) is 22.7 Å². The van der Waals surface area contributed by atoms with E-state index < -0.39 is 0 Å². The molecule has 3 nitrogen and oxygen atoms in total. The van der Waals surface area contributed by atoms with Gasteiger partial charge in [0, 0.05) is 17.6 Å². The van der Waals surface area contributed by atoms with E-state index in [2.05, 4.69) is 27.9 Å². The predicted octanol–water partition coefficient (Wildman–Crippen LogP) is 3.86. The van der Waals surface area contributed by atoms with Gasteiger partial charge in [-0.15, -0.1) is 0 Å². The Morgan fingerprint density at radius 2 is 2.10 bits per heavy atom. The molecular formula is C16H22BrNO2. The molecule has 110 valence electrons. The summed E-state index contributed by atoms with van der Waals surface area (Å²) in [7, 11) is 3.57. The highest BCUT2D eigenvalue weighted by molar-refractivity contribution is 9.10. The highest BCUT2D eigenvalue weighted by Crippen LogP contribution is 2.26. The van der Waals surface area contributed by atoms with Crippen LogP contribution in [0.3, 0.4) is 0 Å². The highest BCUT2D eigenvalue weighted by Gasteiger charge is 2.17. The van der Waals surface area contributed by atoms with E-state index in [4.69, 9.17) is 4.74 Å². The molecule has 1 aromatic rings. The first-order chi connectivity index (χ1) is 9.60. The van der Waals surface area contributed by atoms with E-state index in [9.17, 15) is 4.79 Å². The number of methoxy groups -OCH3 is 1. The topological polar surface area (TPSA) is 29.5 Å². The number of ether oxygens (including phenoxy) is 1. The van der Waals surface area contributed by atoms with Crippen LogP contribution in [0.2, 0.25) is 0 Å². The zero-order valence-corrected chi connectivity index (χ0v) is 13.8. The normalized spacial score (nSPS) is 15.8. The minimum Gasteiger partial charge on any atom is -0.465 e. The Labute approximate surface area is 129 Å². The summed E-state index contributed by atoms with van der Waals surface area (Å²) in [5.74, 6) is 0.560. The quantitative estimate of drug-likeness (QED) is 0.763. The van der Waals surface area contributed by atoms with E-state index in [0.717, 1.165) is 23.5 Å². The number of nitrogens with zero attached hydrogens (tertiary/aromatic N) is 1. The lowest BCUT2D eigenvalue weighted by atomic mass is 10.1. The number of benzene rings is 1. The number of carbonyl (C=O) groups is 1. The lowest BCUT2D eigenvalue weighted by molar-refractivity contribution is 0.0600. The van der Waals surface area contributed by atoms with Gasteiger partial charge in [-0.3, -0.25) is 0 Å². The van der Waals surface area contributed by atoms with E-state index in [0.29, 0.717) is 5.56 Å². The van der Waals surface area contributed by atoms with Crippen molar-refractivity contribution in [3.05, 3.63) is 33.8 Å². The van der Waals surface area contributed by atoms with Gasteiger partial charge in [-0.1, -0.05) is 34.8 Å². The largest absolute Gasteiger partial charge is 0.465 e. The Hall–Kier alpha value is -0.870. The average Bonchev–Trinajstić information content (AvgIpc) is 2.93. The Morgan fingerprint density at radius 1 is 1.40 bits per heavy atom. The fourth-order valence-corrected chi connectivity index (χ4v) is 3.41. The first-order valence-electron chi connectivity index (χ1n) is 7.15. The summed E-state index contributed by atoms with van der Waals surface area (Å²) in [5.41, 5.74) is 1.79. The van der Waals surface area contributed by atoms with Crippen molar-refractivity contribution in [1.82, 2.24) is 4.90 Å². The highest BCUT2D eigenvalue weighted by atomic mass is 79.9. The number of carbonyl (C=O) groups excluding carboxylic acids is 1. The van der Waals surface area contributed by atoms with Gasteiger partial charge >= 0.3 is 5.97 Å². The fourth-order valence-electron chi connectivity index (χ4n) is 2.91. The summed E-state index contributed by atoms with van der Waals surface area (Å²) in [6.07, 6.45) is 5.51. The first-order valence-corrected chi connectivity index (χ1v) is 7.94. The molecule has 4 heteroatoms. The lowest BCUT2D eigenvalue weighted by Gasteiger charge is -2.21. The molecule has 0 aliphatic heterocycles. The van der Waals surface area contributed by atoms with E-state index >= 15 is 0 Å². The lowest BCUT2D eigenvalue weighted by Crippen LogP contribution is -2.24. The van der Waals surface area contributed by atoms with Crippen LogP contribution in [0.25, 0.3) is 0 Å². The molecular weight excluding hydrogens is 318 g/mol. The van der Waals surface area contributed by atoms with Gasteiger partial charge in [-0.05, 0) is 43.5 Å². The van der Waals surface area contributed by atoms with Crippen LogP contribution in [0, 0.1) is 5.92 Å². The van der Waals surface area contributed by atoms with Crippen LogP contribution in [0.4, 0.5) is 0 Å². The zero-order valence-electron chi connectivity index (χ0n) is 12.2. The zero-order chi connectivity index (χ0) is 14.5. The molecule has 0 radical (unpaired) electrons. The third kappa shape index (κ3) is 4.06. The van der Waals surface area contributed by atoms with Gasteiger partial charge in [-0.2, -0.15) is 0 Å². The monoisotopic (exact) mass is 339 g/mol. The van der Waals surface area contributed by atoms with Crippen LogP contribution in [-0.2, 0) is 11.3 Å². The molecule has 0 spiro atoms. The van der Waals surface area contributed by atoms with Gasteiger partial charge in [0.25, 0.3) is 0 Å². The van der Waals surface area contributed by atoms with Crippen molar-refractivity contribution < 1.29 is 9.53 Å². The molecule has 0 unspecified atom stereocenters. The van der Waals surface area contributed by atoms with Gasteiger partial charge < -0.3 is 9.64 Å². The van der Waals surface area contributed by atoms with Crippen molar-refractivity contribution in [3.8, 4) is 0 Å². The molecule has 0 heterocycles. The molecule has 0 saturated heterocycles. The van der Waals surface area contributed by atoms with E-state index in [1.54, 1.807) is 0 Å². The van der Waals surface area contributed by atoms with Gasteiger partial charge in [-0.25, -0.2) is 4.79 Å². The van der Waals surface area contributed by atoms with Gasteiger partial charge in [0.15, 0.2) is 0 Å². The van der Waals surface area contributed by atoms with Gasteiger partial charge in [0.05, 0.1) is 12.7 Å². The average molecular weight is 340 g/mol. The minimum atomic E-state index is -0.295. The molecule has 0 bridgehead atoms. The Balaban J connectivity index is 1.96. The maximum absolute atomic E-state index is 11.5. The molecule has 1 aliphatic rings. The van der Waals surface area contributed by atoms with E-state index in [1.165, 1.54) is 38.4 Å². The Bertz CT molecular complexity index is 470. The number of esters is 1. The standard InChI is InChI=1S/C16H22BrNO2/c1-18(10-12-5-3-4-6-12)11-14-8-7-13(9-15(14)17)16(19)20-2/h7-9,12H,3-6,10-11H2,1-2H3. The summed E-state index contributed by atoms with van der Waals surface area (Å²) >= 11 is 3.55. The van der Waals surface area contributed by atoms with E-state index in [1.807, 2.05) is 18.2 Å². The molecule has 1 fully saturated rings. The molecule has 0 atom stereocenters. The molecule has 20 heavy (non-hydrogen) atoms. The van der Waals surface area contributed by atoms with Crippen LogP contribution >= 0.6 is 15.9 Å². The van der Waals surface area contributed by atoms with Crippen molar-refractivity contribution in [3.63, 3.8) is 0 Å². The smallest absolute Gasteiger partial charge is 0.337 e. The van der Waals surface area contributed by atoms with Crippen molar-refractivity contribution in [2.45, 2.75) is 32.2 Å². The first kappa shape index (κ1) is 15.5. The Kier molecular flexibility index (Phi) is 5.61. The second kappa shape index (κ2) is 7.23. The summed E-state index contributed by atoms with van der Waals surface area (Å²) in [6, 6.07) is 5.67. The number of hydrogen-bond acceptors (Lipinski definition) is 3. The number of halogens is 1. The third-order valence-corrected chi connectivity index (χ3v) is 4.70. The van der Waals surface area contributed by atoms with Crippen LogP contribution in [0.1, 0.15) is 41.6 Å². The van der Waals surface area contributed by atoms with Crippen molar-refractivity contribution in [2.75, 3.05) is 20.7 Å². The van der Waals surface area contributed by atoms with Crippen LogP contribution < -0.4 is 0 Å². The molecule has 0 aromatic heterocycles. The maximum atomic E-state index is 11.5. The second-order valence-corrected chi connectivity index (χ2v) is 6.50. The van der Waals surface area contributed by atoms with E-state index in [-0.39, 0.29) is 5.97 Å². The van der Waals surface area contributed by atoms with Crippen molar-refractivity contribution >= 4 is 21.9 Å². The summed E-state index contributed by atoms with van der Waals surface area (Å²) in [6.45, 7) is 2.06.